The molecule has 0 spiro atoms. The number of thiocarbonyl (C=S) groups is 1. The van der Waals surface area contributed by atoms with Crippen LogP contribution in [0.5, 0.6) is 0 Å². The molecule has 9 heteroatoms. The largest absolute Gasteiger partial charge is 0.330 e. The van der Waals surface area contributed by atoms with Crippen LogP contribution < -0.4 is 10.6 Å². The van der Waals surface area contributed by atoms with E-state index in [0.29, 0.717) is 11.7 Å². The van der Waals surface area contributed by atoms with Crippen molar-refractivity contribution in [3.63, 3.8) is 0 Å². The molecule has 0 amide bonds. The summed E-state index contributed by atoms with van der Waals surface area (Å²) in [5.41, 5.74) is 5.05. The van der Waals surface area contributed by atoms with Crippen LogP contribution in [-0.4, -0.2) is 34.5 Å². The quantitative estimate of drug-likeness (QED) is 0.682. The predicted octanol–water partition coefficient (Wildman–Crippen LogP) is 2.31. The van der Waals surface area contributed by atoms with Crippen molar-refractivity contribution in [3.8, 4) is 0 Å². The Bertz CT molecular complexity index is 888. The van der Waals surface area contributed by atoms with Gasteiger partial charge in [-0.05, 0) is 33.0 Å². The van der Waals surface area contributed by atoms with Crippen LogP contribution in [0.2, 0.25) is 0 Å². The van der Waals surface area contributed by atoms with E-state index in [1.807, 2.05) is 35.7 Å². The Balaban J connectivity index is 1.62. The SMILES string of the molecule is CCn1ncc(Cn2cc(NC(=S)Nc3cnn(C)c3C)cn2)c1C. The van der Waals surface area contributed by atoms with Crippen molar-refractivity contribution < 1.29 is 0 Å². The van der Waals surface area contributed by atoms with E-state index < -0.39 is 0 Å². The molecular formula is C16H22N8S. The van der Waals surface area contributed by atoms with Crippen LogP contribution in [0.25, 0.3) is 0 Å². The number of anilines is 2. The van der Waals surface area contributed by atoms with Crippen molar-refractivity contribution in [3.05, 3.63) is 41.7 Å². The lowest BCUT2D eigenvalue weighted by Gasteiger charge is -2.08. The Hall–Kier alpha value is -2.68. The van der Waals surface area contributed by atoms with E-state index in [1.165, 1.54) is 0 Å². The number of nitrogens with one attached hydrogen (secondary N) is 2. The molecule has 0 aliphatic carbocycles. The van der Waals surface area contributed by atoms with Gasteiger partial charge < -0.3 is 10.6 Å². The van der Waals surface area contributed by atoms with Crippen molar-refractivity contribution in [1.29, 1.82) is 0 Å². The third kappa shape index (κ3) is 3.71. The van der Waals surface area contributed by atoms with E-state index in [4.69, 9.17) is 12.2 Å². The number of hydrogen-bond donors (Lipinski definition) is 2. The summed E-state index contributed by atoms with van der Waals surface area (Å²) in [5, 5.41) is 19.7. The molecule has 0 atom stereocenters. The average Bonchev–Trinajstić information content (AvgIpc) is 3.25. The summed E-state index contributed by atoms with van der Waals surface area (Å²) in [6.45, 7) is 7.68. The first-order valence-electron chi connectivity index (χ1n) is 8.08. The molecule has 25 heavy (non-hydrogen) atoms. The Morgan fingerprint density at radius 3 is 2.52 bits per heavy atom. The van der Waals surface area contributed by atoms with E-state index in [-0.39, 0.29) is 0 Å². The maximum atomic E-state index is 5.36. The van der Waals surface area contributed by atoms with Crippen LogP contribution in [0.15, 0.2) is 24.8 Å². The molecule has 3 aromatic heterocycles. The molecule has 132 valence electrons. The minimum atomic E-state index is 0.505. The number of aromatic nitrogens is 6. The normalized spacial score (nSPS) is 10.9. The Morgan fingerprint density at radius 1 is 1.08 bits per heavy atom. The van der Waals surface area contributed by atoms with Crippen LogP contribution in [0.1, 0.15) is 23.9 Å². The molecule has 0 bridgehead atoms. The van der Waals surface area contributed by atoms with Gasteiger partial charge in [0.25, 0.3) is 0 Å². The van der Waals surface area contributed by atoms with Gasteiger partial charge in [0.15, 0.2) is 5.11 Å². The summed E-state index contributed by atoms with van der Waals surface area (Å²) in [5.74, 6) is 0. The summed E-state index contributed by atoms with van der Waals surface area (Å²) in [7, 11) is 1.89. The second kappa shape index (κ2) is 7.06. The Morgan fingerprint density at radius 2 is 1.88 bits per heavy atom. The maximum absolute atomic E-state index is 5.36. The average molecular weight is 358 g/mol. The minimum Gasteiger partial charge on any atom is -0.330 e. The predicted molar refractivity (Wildman–Crippen MR) is 102 cm³/mol. The van der Waals surface area contributed by atoms with E-state index in [1.54, 1.807) is 17.1 Å². The van der Waals surface area contributed by atoms with E-state index >= 15 is 0 Å². The lowest BCUT2D eigenvalue weighted by atomic mass is 10.2. The first-order valence-corrected chi connectivity index (χ1v) is 8.49. The van der Waals surface area contributed by atoms with Crippen LogP contribution >= 0.6 is 12.2 Å². The molecule has 0 aliphatic rings. The fraction of sp³-hybridized carbons (Fsp3) is 0.375. The van der Waals surface area contributed by atoms with Gasteiger partial charge in [-0.15, -0.1) is 0 Å². The molecule has 0 aromatic carbocycles. The zero-order valence-electron chi connectivity index (χ0n) is 14.8. The number of aryl methyl sites for hydroxylation is 2. The standard InChI is InChI=1S/C16H22N8S/c1-5-24-11(2)13(6-19-24)9-23-10-14(7-18-23)20-16(25)21-15-8-17-22(4)12(15)3/h6-8,10H,5,9H2,1-4H3,(H2,20,21,25). The van der Waals surface area contributed by atoms with Crippen LogP contribution in [0.4, 0.5) is 11.4 Å². The lowest BCUT2D eigenvalue weighted by Crippen LogP contribution is -2.19. The van der Waals surface area contributed by atoms with Gasteiger partial charge >= 0.3 is 0 Å². The van der Waals surface area contributed by atoms with Crippen molar-refractivity contribution in [1.82, 2.24) is 29.3 Å². The number of hydrogen-bond acceptors (Lipinski definition) is 4. The zero-order chi connectivity index (χ0) is 18.0. The Labute approximate surface area is 151 Å². The molecule has 0 radical (unpaired) electrons. The summed E-state index contributed by atoms with van der Waals surface area (Å²) in [6.07, 6.45) is 7.32. The molecule has 0 unspecified atom stereocenters. The van der Waals surface area contributed by atoms with Gasteiger partial charge in [-0.2, -0.15) is 15.3 Å². The molecule has 3 heterocycles. The van der Waals surface area contributed by atoms with Crippen LogP contribution in [0, 0.1) is 13.8 Å². The smallest absolute Gasteiger partial charge is 0.175 e. The fourth-order valence-corrected chi connectivity index (χ4v) is 2.78. The molecular weight excluding hydrogens is 336 g/mol. The molecule has 0 fully saturated rings. The molecule has 2 N–H and O–H groups in total. The van der Waals surface area contributed by atoms with Gasteiger partial charge in [0.1, 0.15) is 0 Å². The monoisotopic (exact) mass is 358 g/mol. The summed E-state index contributed by atoms with van der Waals surface area (Å²) in [4.78, 5) is 0. The molecule has 3 rings (SSSR count). The molecule has 3 aromatic rings. The highest BCUT2D eigenvalue weighted by molar-refractivity contribution is 7.80. The summed E-state index contributed by atoms with van der Waals surface area (Å²) >= 11 is 5.36. The molecule has 8 nitrogen and oxygen atoms in total. The molecule has 0 aliphatic heterocycles. The van der Waals surface area contributed by atoms with Crippen LogP contribution in [0.3, 0.4) is 0 Å². The van der Waals surface area contributed by atoms with Crippen molar-refractivity contribution in [2.75, 3.05) is 10.6 Å². The second-order valence-electron chi connectivity index (χ2n) is 5.84. The van der Waals surface area contributed by atoms with Gasteiger partial charge in [0, 0.05) is 31.0 Å². The van der Waals surface area contributed by atoms with Crippen molar-refractivity contribution in [2.24, 2.45) is 7.05 Å². The Kier molecular flexibility index (Phi) is 4.84. The highest BCUT2D eigenvalue weighted by Gasteiger charge is 2.09. The van der Waals surface area contributed by atoms with Gasteiger partial charge in [-0.25, -0.2) is 0 Å². The van der Waals surface area contributed by atoms with E-state index in [2.05, 4.69) is 39.8 Å². The topological polar surface area (TPSA) is 77.5 Å². The van der Waals surface area contributed by atoms with Crippen molar-refractivity contribution in [2.45, 2.75) is 33.9 Å². The van der Waals surface area contributed by atoms with E-state index in [9.17, 15) is 0 Å². The minimum absolute atomic E-state index is 0.505. The highest BCUT2D eigenvalue weighted by atomic mass is 32.1. The summed E-state index contributed by atoms with van der Waals surface area (Å²) < 4.78 is 5.64. The fourth-order valence-electron chi connectivity index (χ4n) is 2.55. The van der Waals surface area contributed by atoms with Gasteiger partial charge in [-0.3, -0.25) is 14.0 Å². The number of rotatable bonds is 5. The lowest BCUT2D eigenvalue weighted by molar-refractivity contribution is 0.633. The third-order valence-electron chi connectivity index (χ3n) is 4.21. The number of nitrogens with zero attached hydrogens (tertiary/aromatic N) is 6. The summed E-state index contributed by atoms with van der Waals surface area (Å²) in [6, 6.07) is 0. The molecule has 0 saturated carbocycles. The zero-order valence-corrected chi connectivity index (χ0v) is 15.6. The van der Waals surface area contributed by atoms with Gasteiger partial charge in [-0.1, -0.05) is 0 Å². The molecule has 0 saturated heterocycles. The maximum Gasteiger partial charge on any atom is 0.175 e. The highest BCUT2D eigenvalue weighted by Crippen LogP contribution is 2.14. The second-order valence-corrected chi connectivity index (χ2v) is 6.25. The van der Waals surface area contributed by atoms with Gasteiger partial charge in [0.2, 0.25) is 0 Å². The first kappa shape index (κ1) is 17.2. The van der Waals surface area contributed by atoms with Crippen molar-refractivity contribution >= 4 is 28.7 Å². The van der Waals surface area contributed by atoms with Gasteiger partial charge in [0.05, 0.1) is 42.2 Å². The first-order chi connectivity index (χ1) is 12.0. The third-order valence-corrected chi connectivity index (χ3v) is 4.42. The van der Waals surface area contributed by atoms with Crippen LogP contribution in [-0.2, 0) is 20.1 Å². The van der Waals surface area contributed by atoms with E-state index in [0.717, 1.165) is 34.9 Å².